The fraction of sp³-hybridized carbons (Fsp3) is 0.429. The minimum atomic E-state index is -4.61. The van der Waals surface area contributed by atoms with Crippen molar-refractivity contribution in [2.24, 2.45) is 5.92 Å². The monoisotopic (exact) mass is 645 g/mol. The number of nitrogens with zero attached hydrogens (tertiary/aromatic N) is 3. The number of methoxy groups -OCH3 is 1. The van der Waals surface area contributed by atoms with Gasteiger partial charge in [-0.3, -0.25) is 4.79 Å². The Morgan fingerprint density at radius 2 is 1.89 bits per heavy atom. The Morgan fingerprint density at radius 1 is 1.16 bits per heavy atom. The first-order valence-electron chi connectivity index (χ1n) is 13.2. The van der Waals surface area contributed by atoms with E-state index >= 15 is 0 Å². The molecule has 0 bridgehead atoms. The number of alkyl halides is 6. The standard InChI is InChI=1S/C28H29F6N5O4S/c1-38-10-8-21(20(14-38)28(32,33)34)37-26(40)19-11-17(12-23-25(19)36-16-39(23)15-27(29,30)31)5-4-9-35-22-7-6-18(44(3,41)42)13-24(22)43-2/h6-7,11-13,16,20-21,35H,8-10,14-15H2,1-3H3,(H,37,40)/t20-,21-/m1/s1. The van der Waals surface area contributed by atoms with Gasteiger partial charge in [0.15, 0.2) is 9.84 Å². The van der Waals surface area contributed by atoms with Crippen LogP contribution in [0, 0.1) is 17.8 Å². The number of nitrogens with one attached hydrogen (secondary N) is 2. The molecule has 0 unspecified atom stereocenters. The van der Waals surface area contributed by atoms with Gasteiger partial charge in [0.25, 0.3) is 5.91 Å². The minimum absolute atomic E-state index is 0.0151. The SMILES string of the molecule is COc1cc(S(C)(=O)=O)ccc1NCC#Cc1cc(C(=O)N[C@@H]2CCN(C)C[C@H]2C(F)(F)F)c2ncn(CC(F)(F)F)c2c1. The van der Waals surface area contributed by atoms with Gasteiger partial charge in [-0.15, -0.1) is 0 Å². The van der Waals surface area contributed by atoms with Crippen molar-refractivity contribution in [3.63, 3.8) is 0 Å². The van der Waals surface area contributed by atoms with E-state index in [1.54, 1.807) is 7.05 Å². The minimum Gasteiger partial charge on any atom is -0.495 e. The van der Waals surface area contributed by atoms with E-state index in [0.29, 0.717) is 12.2 Å². The zero-order valence-electron chi connectivity index (χ0n) is 23.8. The predicted octanol–water partition coefficient (Wildman–Crippen LogP) is 4.09. The first kappa shape index (κ1) is 32.9. The number of carbonyl (C=O) groups is 1. The summed E-state index contributed by atoms with van der Waals surface area (Å²) in [6.45, 7) is -1.42. The lowest BCUT2D eigenvalue weighted by Crippen LogP contribution is -2.54. The van der Waals surface area contributed by atoms with Gasteiger partial charge in [0.05, 0.1) is 47.6 Å². The molecule has 9 nitrogen and oxygen atoms in total. The Labute approximate surface area is 249 Å². The number of piperidine rings is 1. The first-order chi connectivity index (χ1) is 20.5. The third-order valence-corrected chi connectivity index (χ3v) is 8.18. The fourth-order valence-corrected chi connectivity index (χ4v) is 5.56. The van der Waals surface area contributed by atoms with E-state index in [1.807, 2.05) is 0 Å². The Hall–Kier alpha value is -3.97. The van der Waals surface area contributed by atoms with Crippen molar-refractivity contribution in [2.45, 2.75) is 36.3 Å². The normalized spacial score (nSPS) is 18.0. The molecule has 1 aliphatic rings. The van der Waals surface area contributed by atoms with Crippen LogP contribution in [0.25, 0.3) is 11.0 Å². The van der Waals surface area contributed by atoms with Crippen molar-refractivity contribution in [1.82, 2.24) is 19.8 Å². The third-order valence-electron chi connectivity index (χ3n) is 7.07. The predicted molar refractivity (Wildman–Crippen MR) is 150 cm³/mol. The van der Waals surface area contributed by atoms with Crippen molar-refractivity contribution >= 4 is 32.5 Å². The van der Waals surface area contributed by atoms with Gasteiger partial charge >= 0.3 is 12.4 Å². The van der Waals surface area contributed by atoms with Crippen molar-refractivity contribution in [3.05, 3.63) is 47.8 Å². The first-order valence-corrected chi connectivity index (χ1v) is 15.1. The van der Waals surface area contributed by atoms with Crippen LogP contribution in [0.2, 0.25) is 0 Å². The molecular weight excluding hydrogens is 616 g/mol. The lowest BCUT2D eigenvalue weighted by molar-refractivity contribution is -0.191. The number of halogens is 6. The van der Waals surface area contributed by atoms with Crippen molar-refractivity contribution in [3.8, 4) is 17.6 Å². The number of amides is 1. The summed E-state index contributed by atoms with van der Waals surface area (Å²) >= 11 is 0. The number of anilines is 1. The molecule has 238 valence electrons. The molecule has 3 aromatic rings. The van der Waals surface area contributed by atoms with Crippen LogP contribution in [0.3, 0.4) is 0 Å². The Balaban J connectivity index is 1.64. The molecule has 2 N–H and O–H groups in total. The number of fused-ring (bicyclic) bond motifs is 1. The lowest BCUT2D eigenvalue weighted by Gasteiger charge is -2.38. The number of aromatic nitrogens is 2. The van der Waals surface area contributed by atoms with Crippen LogP contribution in [0.4, 0.5) is 32.0 Å². The van der Waals surface area contributed by atoms with E-state index in [9.17, 15) is 39.6 Å². The molecule has 1 amide bonds. The van der Waals surface area contributed by atoms with Crippen LogP contribution in [-0.2, 0) is 16.4 Å². The number of hydrogen-bond acceptors (Lipinski definition) is 7. The molecule has 0 aliphatic carbocycles. The second kappa shape index (κ2) is 12.6. The summed E-state index contributed by atoms with van der Waals surface area (Å²) in [5.41, 5.74) is 0.163. The summed E-state index contributed by atoms with van der Waals surface area (Å²) < 4.78 is 111. The smallest absolute Gasteiger partial charge is 0.406 e. The molecule has 1 aromatic heterocycles. The third kappa shape index (κ3) is 7.94. The maximum Gasteiger partial charge on any atom is 0.406 e. The highest BCUT2D eigenvalue weighted by Gasteiger charge is 2.47. The Morgan fingerprint density at radius 3 is 2.52 bits per heavy atom. The summed E-state index contributed by atoms with van der Waals surface area (Å²) in [4.78, 5) is 18.9. The van der Waals surface area contributed by atoms with E-state index in [1.165, 1.54) is 42.3 Å². The summed E-state index contributed by atoms with van der Waals surface area (Å²) in [6.07, 6.45) is -7.20. The van der Waals surface area contributed by atoms with E-state index in [4.69, 9.17) is 4.74 Å². The summed E-state index contributed by atoms with van der Waals surface area (Å²) in [7, 11) is -0.578. The Bertz CT molecular complexity index is 1710. The molecule has 0 saturated carbocycles. The number of carbonyl (C=O) groups excluding carboxylic acids is 1. The molecule has 1 aliphatic heterocycles. The molecular formula is C28H29F6N5O4S. The molecule has 0 radical (unpaired) electrons. The largest absolute Gasteiger partial charge is 0.495 e. The molecule has 1 fully saturated rings. The van der Waals surface area contributed by atoms with Gasteiger partial charge in [-0.05, 0) is 44.3 Å². The number of rotatable bonds is 7. The number of sulfone groups is 1. The van der Waals surface area contributed by atoms with Crippen LogP contribution in [0.5, 0.6) is 5.75 Å². The number of imidazole rings is 1. The van der Waals surface area contributed by atoms with Crippen molar-refractivity contribution in [2.75, 3.05) is 45.4 Å². The second-order valence-corrected chi connectivity index (χ2v) is 12.5. The van der Waals surface area contributed by atoms with Crippen LogP contribution in [0.15, 0.2) is 41.6 Å². The maximum atomic E-state index is 13.8. The van der Waals surface area contributed by atoms with Gasteiger partial charge in [-0.1, -0.05) is 11.8 Å². The van der Waals surface area contributed by atoms with Gasteiger partial charge in [0.1, 0.15) is 17.8 Å². The fourth-order valence-electron chi connectivity index (χ4n) is 4.93. The molecule has 0 spiro atoms. The highest BCUT2D eigenvalue weighted by molar-refractivity contribution is 7.90. The highest BCUT2D eigenvalue weighted by Crippen LogP contribution is 2.34. The summed E-state index contributed by atoms with van der Waals surface area (Å²) in [5, 5.41) is 5.38. The van der Waals surface area contributed by atoms with E-state index in [-0.39, 0.29) is 52.3 Å². The number of likely N-dealkylation sites (tertiary alicyclic amines) is 1. The molecule has 16 heteroatoms. The van der Waals surface area contributed by atoms with E-state index < -0.39 is 46.6 Å². The van der Waals surface area contributed by atoms with Crippen molar-refractivity contribution in [1.29, 1.82) is 0 Å². The van der Waals surface area contributed by atoms with Crippen LogP contribution in [-0.4, -0.2) is 87.2 Å². The van der Waals surface area contributed by atoms with Crippen molar-refractivity contribution < 1.29 is 44.3 Å². The molecule has 2 aromatic carbocycles. The van der Waals surface area contributed by atoms with Gasteiger partial charge < -0.3 is 24.8 Å². The molecule has 2 heterocycles. The summed E-state index contributed by atoms with van der Waals surface area (Å²) in [5.74, 6) is 3.03. The van der Waals surface area contributed by atoms with Crippen LogP contribution in [0.1, 0.15) is 22.3 Å². The summed E-state index contributed by atoms with van der Waals surface area (Å²) in [6, 6.07) is 5.54. The molecule has 44 heavy (non-hydrogen) atoms. The van der Waals surface area contributed by atoms with Gasteiger partial charge in [-0.2, -0.15) is 26.3 Å². The Kier molecular flexibility index (Phi) is 9.40. The zero-order valence-corrected chi connectivity index (χ0v) is 24.6. The second-order valence-electron chi connectivity index (χ2n) is 10.4. The molecule has 2 atom stereocenters. The van der Waals surface area contributed by atoms with Crippen LogP contribution < -0.4 is 15.4 Å². The maximum absolute atomic E-state index is 13.8. The average molecular weight is 646 g/mol. The van der Waals surface area contributed by atoms with Gasteiger partial charge in [0.2, 0.25) is 0 Å². The number of benzene rings is 2. The highest BCUT2D eigenvalue weighted by atomic mass is 32.2. The average Bonchev–Trinajstić information content (AvgIpc) is 3.31. The topological polar surface area (TPSA) is 106 Å². The van der Waals surface area contributed by atoms with E-state index in [2.05, 4.69) is 27.5 Å². The van der Waals surface area contributed by atoms with Gasteiger partial charge in [-0.25, -0.2) is 13.4 Å². The lowest BCUT2D eigenvalue weighted by atomic mass is 9.91. The van der Waals surface area contributed by atoms with Crippen LogP contribution >= 0.6 is 0 Å². The quantitative estimate of drug-likeness (QED) is 0.295. The number of hydrogen-bond donors (Lipinski definition) is 2. The van der Waals surface area contributed by atoms with E-state index in [0.717, 1.165) is 17.2 Å². The zero-order chi connectivity index (χ0) is 32.4. The van der Waals surface area contributed by atoms with Gasteiger partial charge in [0, 0.05) is 30.5 Å². The molecule has 1 saturated heterocycles. The number of ether oxygens (including phenoxy) is 1. The molecule has 4 rings (SSSR count).